The summed E-state index contributed by atoms with van der Waals surface area (Å²) in [7, 11) is 0. The van der Waals surface area contributed by atoms with Gasteiger partial charge >= 0.3 is 0 Å². The number of fused-ring (bicyclic) bond motifs is 1. The molecule has 2 fully saturated rings. The highest BCUT2D eigenvalue weighted by Gasteiger charge is 2.55. The van der Waals surface area contributed by atoms with E-state index in [9.17, 15) is 0 Å². The molecule has 0 heterocycles. The molecule has 0 aliphatic heterocycles. The third-order valence-corrected chi connectivity index (χ3v) is 4.44. The van der Waals surface area contributed by atoms with Gasteiger partial charge in [-0.1, -0.05) is 40.5 Å². The Hall–Kier alpha value is 0. The van der Waals surface area contributed by atoms with E-state index < -0.39 is 0 Å². The first kappa shape index (κ1) is 9.55. The van der Waals surface area contributed by atoms with Gasteiger partial charge in [0.25, 0.3) is 0 Å². The lowest BCUT2D eigenvalue weighted by Crippen LogP contribution is -2.24. The van der Waals surface area contributed by atoms with Crippen LogP contribution in [0.4, 0.5) is 0 Å². The highest BCUT2D eigenvalue weighted by atomic mass is 14.6. The van der Waals surface area contributed by atoms with Gasteiger partial charge in [0.1, 0.15) is 0 Å². The van der Waals surface area contributed by atoms with Crippen molar-refractivity contribution in [2.45, 2.75) is 53.4 Å². The fourth-order valence-electron chi connectivity index (χ4n) is 3.91. The maximum Gasteiger partial charge on any atom is -0.0326 e. The standard InChI is InChI=1S/C13H24/c1-5-6-10-7-13(3,4)8-11-9(2)12(10)11/h9-12H,5-8H2,1-4H3. The van der Waals surface area contributed by atoms with Crippen molar-refractivity contribution in [1.82, 2.24) is 0 Å². The maximum atomic E-state index is 2.47. The third kappa shape index (κ3) is 1.65. The summed E-state index contributed by atoms with van der Waals surface area (Å²) in [5, 5.41) is 0. The van der Waals surface area contributed by atoms with Gasteiger partial charge in [-0.3, -0.25) is 0 Å². The maximum absolute atomic E-state index is 2.47. The first-order chi connectivity index (χ1) is 6.05. The average molecular weight is 180 g/mol. The summed E-state index contributed by atoms with van der Waals surface area (Å²) < 4.78 is 0. The van der Waals surface area contributed by atoms with Crippen LogP contribution in [-0.4, -0.2) is 0 Å². The minimum Gasteiger partial charge on any atom is -0.0654 e. The van der Waals surface area contributed by atoms with Crippen LogP contribution >= 0.6 is 0 Å². The summed E-state index contributed by atoms with van der Waals surface area (Å²) >= 11 is 0. The smallest absolute Gasteiger partial charge is 0.0326 e. The summed E-state index contributed by atoms with van der Waals surface area (Å²) in [6, 6.07) is 0. The predicted octanol–water partition coefficient (Wildman–Crippen LogP) is 4.10. The van der Waals surface area contributed by atoms with E-state index in [-0.39, 0.29) is 0 Å². The van der Waals surface area contributed by atoms with Gasteiger partial charge < -0.3 is 0 Å². The molecule has 0 N–H and O–H groups in total. The molecule has 0 nitrogen and oxygen atoms in total. The van der Waals surface area contributed by atoms with E-state index in [2.05, 4.69) is 27.7 Å². The first-order valence-corrected chi connectivity index (χ1v) is 6.05. The highest BCUT2D eigenvalue weighted by Crippen LogP contribution is 2.63. The molecule has 0 saturated heterocycles. The zero-order chi connectivity index (χ0) is 9.64. The van der Waals surface area contributed by atoms with Crippen LogP contribution in [0.5, 0.6) is 0 Å². The number of hydrogen-bond acceptors (Lipinski definition) is 0. The van der Waals surface area contributed by atoms with Crippen LogP contribution in [-0.2, 0) is 0 Å². The lowest BCUT2D eigenvalue weighted by Gasteiger charge is -2.34. The second-order valence-corrected chi connectivity index (χ2v) is 6.22. The average Bonchev–Trinajstić information content (AvgIpc) is 2.60. The Morgan fingerprint density at radius 3 is 2.54 bits per heavy atom. The van der Waals surface area contributed by atoms with Crippen LogP contribution in [0.15, 0.2) is 0 Å². The summed E-state index contributed by atoms with van der Waals surface area (Å²) in [5.74, 6) is 4.33. The minimum atomic E-state index is 0.645. The molecule has 2 rings (SSSR count). The van der Waals surface area contributed by atoms with Crippen LogP contribution in [0.3, 0.4) is 0 Å². The Morgan fingerprint density at radius 2 is 1.92 bits per heavy atom. The largest absolute Gasteiger partial charge is 0.0654 e. The van der Waals surface area contributed by atoms with E-state index in [1.54, 1.807) is 0 Å². The first-order valence-electron chi connectivity index (χ1n) is 6.05. The SMILES string of the molecule is CCCC1CC(C)(C)CC2C(C)C12. The molecule has 2 aliphatic rings. The summed E-state index contributed by atoms with van der Waals surface area (Å²) in [6.45, 7) is 9.75. The van der Waals surface area contributed by atoms with Crippen LogP contribution in [0.2, 0.25) is 0 Å². The molecular formula is C13H24. The van der Waals surface area contributed by atoms with E-state index >= 15 is 0 Å². The number of hydrogen-bond donors (Lipinski definition) is 0. The Kier molecular flexibility index (Phi) is 2.20. The lowest BCUT2D eigenvalue weighted by atomic mass is 9.71. The molecule has 0 aromatic heterocycles. The Labute approximate surface area is 83.1 Å². The molecule has 0 aromatic carbocycles. The van der Waals surface area contributed by atoms with Crippen molar-refractivity contribution in [1.29, 1.82) is 0 Å². The third-order valence-electron chi connectivity index (χ3n) is 4.44. The van der Waals surface area contributed by atoms with Crippen molar-refractivity contribution in [2.75, 3.05) is 0 Å². The molecule has 2 aliphatic carbocycles. The fourth-order valence-corrected chi connectivity index (χ4v) is 3.91. The van der Waals surface area contributed by atoms with Gasteiger partial charge in [0.2, 0.25) is 0 Å². The molecule has 76 valence electrons. The van der Waals surface area contributed by atoms with Crippen LogP contribution in [0.1, 0.15) is 53.4 Å². The fraction of sp³-hybridized carbons (Fsp3) is 1.00. The van der Waals surface area contributed by atoms with E-state index in [1.807, 2.05) is 0 Å². The minimum absolute atomic E-state index is 0.645. The molecule has 0 spiro atoms. The van der Waals surface area contributed by atoms with Gasteiger partial charge in [-0.2, -0.15) is 0 Å². The van der Waals surface area contributed by atoms with Crippen LogP contribution < -0.4 is 0 Å². The summed E-state index contributed by atoms with van der Waals surface area (Å²) in [6.07, 6.45) is 5.86. The van der Waals surface area contributed by atoms with E-state index in [0.717, 1.165) is 23.7 Å². The van der Waals surface area contributed by atoms with Crippen molar-refractivity contribution >= 4 is 0 Å². The van der Waals surface area contributed by atoms with E-state index in [1.165, 1.54) is 25.7 Å². The quantitative estimate of drug-likeness (QED) is 0.600. The van der Waals surface area contributed by atoms with Crippen LogP contribution in [0.25, 0.3) is 0 Å². The normalized spacial score (nSPS) is 47.1. The highest BCUT2D eigenvalue weighted by molar-refractivity contribution is 5.04. The summed E-state index contributed by atoms with van der Waals surface area (Å²) in [5.41, 5.74) is 0.645. The van der Waals surface area contributed by atoms with Crippen molar-refractivity contribution in [3.8, 4) is 0 Å². The summed E-state index contributed by atoms with van der Waals surface area (Å²) in [4.78, 5) is 0. The zero-order valence-corrected chi connectivity index (χ0v) is 9.64. The van der Waals surface area contributed by atoms with Gasteiger partial charge in [-0.15, -0.1) is 0 Å². The lowest BCUT2D eigenvalue weighted by molar-refractivity contribution is 0.161. The Balaban J connectivity index is 2.02. The monoisotopic (exact) mass is 180 g/mol. The van der Waals surface area contributed by atoms with Gasteiger partial charge in [-0.05, 0) is 41.9 Å². The second kappa shape index (κ2) is 3.00. The van der Waals surface area contributed by atoms with E-state index in [0.29, 0.717) is 5.41 Å². The second-order valence-electron chi connectivity index (χ2n) is 6.22. The Bertz CT molecular complexity index is 192. The molecular weight excluding hydrogens is 156 g/mol. The molecule has 0 radical (unpaired) electrons. The van der Waals surface area contributed by atoms with Gasteiger partial charge in [0, 0.05) is 0 Å². The van der Waals surface area contributed by atoms with Crippen LogP contribution in [0, 0.1) is 29.1 Å². The number of rotatable bonds is 2. The zero-order valence-electron chi connectivity index (χ0n) is 9.64. The Morgan fingerprint density at radius 1 is 1.23 bits per heavy atom. The van der Waals surface area contributed by atoms with Gasteiger partial charge in [0.05, 0.1) is 0 Å². The molecule has 4 unspecified atom stereocenters. The molecule has 13 heavy (non-hydrogen) atoms. The molecule has 0 aromatic rings. The van der Waals surface area contributed by atoms with Crippen molar-refractivity contribution < 1.29 is 0 Å². The van der Waals surface area contributed by atoms with Crippen molar-refractivity contribution in [3.05, 3.63) is 0 Å². The predicted molar refractivity (Wildman–Crippen MR) is 57.6 cm³/mol. The van der Waals surface area contributed by atoms with Gasteiger partial charge in [-0.25, -0.2) is 0 Å². The topological polar surface area (TPSA) is 0 Å². The molecule has 2 saturated carbocycles. The molecule has 0 heteroatoms. The van der Waals surface area contributed by atoms with Gasteiger partial charge in [0.15, 0.2) is 0 Å². The van der Waals surface area contributed by atoms with Crippen molar-refractivity contribution in [2.24, 2.45) is 29.1 Å². The molecule has 4 atom stereocenters. The molecule has 0 amide bonds. The van der Waals surface area contributed by atoms with Crippen molar-refractivity contribution in [3.63, 3.8) is 0 Å². The molecule has 0 bridgehead atoms. The van der Waals surface area contributed by atoms with E-state index in [4.69, 9.17) is 0 Å².